The van der Waals surface area contributed by atoms with Crippen molar-refractivity contribution in [3.8, 4) is 11.3 Å². The van der Waals surface area contributed by atoms with Gasteiger partial charge in [0.15, 0.2) is 11.5 Å². The number of halogens is 1. The second-order valence-electron chi connectivity index (χ2n) is 5.43. The highest BCUT2D eigenvalue weighted by molar-refractivity contribution is 5.95. The maximum Gasteiger partial charge on any atom is 0.222 e. The minimum atomic E-state index is -0.340. The minimum Gasteiger partial charge on any atom is -0.356 e. The molecule has 1 amide bonds. The molecule has 2 rings (SSSR count). The maximum absolute atomic E-state index is 12.9. The summed E-state index contributed by atoms with van der Waals surface area (Å²) in [6.07, 6.45) is 1.06. The fraction of sp³-hybridized carbons (Fsp3) is 0.389. The van der Waals surface area contributed by atoms with Gasteiger partial charge in [-0.2, -0.15) is 0 Å². The lowest BCUT2D eigenvalue weighted by atomic mass is 10.1. The molecule has 0 spiro atoms. The van der Waals surface area contributed by atoms with Gasteiger partial charge in [-0.1, -0.05) is 5.16 Å². The molecule has 6 heteroatoms. The standard InChI is InChI=1S/C18H21FN2O3/c1-3-21(4-2)18(23)7-5-6-16(22)15-12-17(24-20-15)13-8-10-14(19)11-9-13/h8-12H,3-7H2,1-2H3. The Hall–Kier alpha value is -2.50. The van der Waals surface area contributed by atoms with E-state index in [0.717, 1.165) is 0 Å². The first kappa shape index (κ1) is 17.8. The SMILES string of the molecule is CCN(CC)C(=O)CCCC(=O)c1cc(-c2ccc(F)cc2)on1. The molecule has 0 aliphatic rings. The van der Waals surface area contributed by atoms with Crippen LogP contribution in [-0.4, -0.2) is 34.8 Å². The van der Waals surface area contributed by atoms with Gasteiger partial charge in [0.2, 0.25) is 5.91 Å². The Balaban J connectivity index is 1.89. The van der Waals surface area contributed by atoms with Gasteiger partial charge in [0.25, 0.3) is 0 Å². The van der Waals surface area contributed by atoms with Crippen LogP contribution in [0, 0.1) is 5.82 Å². The van der Waals surface area contributed by atoms with E-state index >= 15 is 0 Å². The lowest BCUT2D eigenvalue weighted by molar-refractivity contribution is -0.130. The molecule has 128 valence electrons. The number of hydrogen-bond donors (Lipinski definition) is 0. The highest BCUT2D eigenvalue weighted by atomic mass is 19.1. The van der Waals surface area contributed by atoms with Crippen molar-refractivity contribution in [3.63, 3.8) is 0 Å². The largest absolute Gasteiger partial charge is 0.356 e. The summed E-state index contributed by atoms with van der Waals surface area (Å²) in [5.74, 6) is -0.0376. The van der Waals surface area contributed by atoms with Crippen molar-refractivity contribution in [1.29, 1.82) is 0 Å². The fourth-order valence-corrected chi connectivity index (χ4v) is 2.42. The number of carbonyl (C=O) groups excluding carboxylic acids is 2. The zero-order valence-electron chi connectivity index (χ0n) is 13.9. The number of Topliss-reactive ketones (excluding diaryl/α,β-unsaturated/α-hetero) is 1. The van der Waals surface area contributed by atoms with Crippen LogP contribution in [0.15, 0.2) is 34.9 Å². The predicted molar refractivity (Wildman–Crippen MR) is 88.0 cm³/mol. The van der Waals surface area contributed by atoms with E-state index in [-0.39, 0.29) is 29.6 Å². The second-order valence-corrected chi connectivity index (χ2v) is 5.43. The molecule has 1 heterocycles. The number of amides is 1. The number of rotatable bonds is 8. The summed E-state index contributed by atoms with van der Waals surface area (Å²) < 4.78 is 18.1. The number of nitrogens with zero attached hydrogens (tertiary/aromatic N) is 2. The molecule has 24 heavy (non-hydrogen) atoms. The number of aromatic nitrogens is 1. The third-order valence-corrected chi connectivity index (χ3v) is 3.84. The third-order valence-electron chi connectivity index (χ3n) is 3.84. The van der Waals surface area contributed by atoms with Crippen molar-refractivity contribution in [2.75, 3.05) is 13.1 Å². The molecule has 1 aromatic heterocycles. The fourth-order valence-electron chi connectivity index (χ4n) is 2.42. The summed E-state index contributed by atoms with van der Waals surface area (Å²) >= 11 is 0. The van der Waals surface area contributed by atoms with Crippen LogP contribution >= 0.6 is 0 Å². The lowest BCUT2D eigenvalue weighted by Crippen LogP contribution is -2.30. The number of carbonyl (C=O) groups is 2. The van der Waals surface area contributed by atoms with E-state index < -0.39 is 0 Å². The Bertz CT molecular complexity index is 691. The Labute approximate surface area is 140 Å². The molecule has 0 unspecified atom stereocenters. The molecular weight excluding hydrogens is 311 g/mol. The van der Waals surface area contributed by atoms with Crippen molar-refractivity contribution in [2.45, 2.75) is 33.1 Å². The topological polar surface area (TPSA) is 63.4 Å². The zero-order valence-corrected chi connectivity index (χ0v) is 13.9. The summed E-state index contributed by atoms with van der Waals surface area (Å²) in [5, 5.41) is 3.77. The van der Waals surface area contributed by atoms with Crippen LogP contribution in [0.2, 0.25) is 0 Å². The molecule has 0 fully saturated rings. The molecule has 0 saturated carbocycles. The smallest absolute Gasteiger partial charge is 0.222 e. The first-order chi connectivity index (χ1) is 11.5. The molecule has 0 bridgehead atoms. The van der Waals surface area contributed by atoms with Gasteiger partial charge in [-0.05, 0) is 44.5 Å². The van der Waals surface area contributed by atoms with Crippen LogP contribution in [0.25, 0.3) is 11.3 Å². The molecule has 0 aliphatic carbocycles. The molecule has 2 aromatic rings. The van der Waals surface area contributed by atoms with E-state index in [2.05, 4.69) is 5.16 Å². The Kier molecular flexibility index (Phi) is 6.23. The van der Waals surface area contributed by atoms with Crippen LogP contribution in [0.3, 0.4) is 0 Å². The molecule has 0 saturated heterocycles. The third kappa shape index (κ3) is 4.50. The van der Waals surface area contributed by atoms with E-state index in [4.69, 9.17) is 4.52 Å². The van der Waals surface area contributed by atoms with Crippen LogP contribution in [0.5, 0.6) is 0 Å². The van der Waals surface area contributed by atoms with Gasteiger partial charge in [-0.15, -0.1) is 0 Å². The molecule has 0 N–H and O–H groups in total. The zero-order chi connectivity index (χ0) is 17.5. The summed E-state index contributed by atoms with van der Waals surface area (Å²) in [4.78, 5) is 25.8. The van der Waals surface area contributed by atoms with Gasteiger partial charge < -0.3 is 9.42 Å². The monoisotopic (exact) mass is 332 g/mol. The lowest BCUT2D eigenvalue weighted by Gasteiger charge is -2.18. The maximum atomic E-state index is 12.9. The van der Waals surface area contributed by atoms with Gasteiger partial charge >= 0.3 is 0 Å². The van der Waals surface area contributed by atoms with Gasteiger partial charge in [0.05, 0.1) is 0 Å². The quantitative estimate of drug-likeness (QED) is 0.691. The van der Waals surface area contributed by atoms with Crippen molar-refractivity contribution >= 4 is 11.7 Å². The average Bonchev–Trinajstić information content (AvgIpc) is 3.06. The van der Waals surface area contributed by atoms with Crippen molar-refractivity contribution in [1.82, 2.24) is 10.1 Å². The van der Waals surface area contributed by atoms with E-state index in [0.29, 0.717) is 37.3 Å². The first-order valence-electron chi connectivity index (χ1n) is 8.08. The van der Waals surface area contributed by atoms with Gasteiger partial charge in [0, 0.05) is 37.6 Å². The second kappa shape index (κ2) is 8.38. The van der Waals surface area contributed by atoms with E-state index in [1.807, 2.05) is 13.8 Å². The van der Waals surface area contributed by atoms with Gasteiger partial charge in [-0.3, -0.25) is 9.59 Å². The Morgan fingerprint density at radius 2 is 1.79 bits per heavy atom. The van der Waals surface area contributed by atoms with Crippen molar-refractivity contribution in [3.05, 3.63) is 41.8 Å². The highest BCUT2D eigenvalue weighted by Crippen LogP contribution is 2.21. The molecule has 0 aliphatic heterocycles. The summed E-state index contributed by atoms with van der Waals surface area (Å²) in [6.45, 7) is 5.21. The number of hydrogen-bond acceptors (Lipinski definition) is 4. The predicted octanol–water partition coefficient (Wildman–Crippen LogP) is 3.70. The molecule has 1 aromatic carbocycles. The normalized spacial score (nSPS) is 10.6. The van der Waals surface area contributed by atoms with Crippen molar-refractivity contribution < 1.29 is 18.5 Å². The highest BCUT2D eigenvalue weighted by Gasteiger charge is 2.15. The van der Waals surface area contributed by atoms with Crippen LogP contribution < -0.4 is 0 Å². The molecular formula is C18H21FN2O3. The molecule has 0 atom stereocenters. The first-order valence-corrected chi connectivity index (χ1v) is 8.08. The number of benzene rings is 1. The summed E-state index contributed by atoms with van der Waals surface area (Å²) in [6, 6.07) is 7.30. The number of ketones is 1. The van der Waals surface area contributed by atoms with Gasteiger partial charge in [0.1, 0.15) is 11.5 Å². The van der Waals surface area contributed by atoms with E-state index in [1.54, 1.807) is 23.1 Å². The van der Waals surface area contributed by atoms with E-state index in [1.165, 1.54) is 12.1 Å². The molecule has 5 nitrogen and oxygen atoms in total. The van der Waals surface area contributed by atoms with Crippen molar-refractivity contribution in [2.24, 2.45) is 0 Å². The minimum absolute atomic E-state index is 0.0555. The summed E-state index contributed by atoms with van der Waals surface area (Å²) in [7, 11) is 0. The van der Waals surface area contributed by atoms with Crippen LogP contribution in [0.4, 0.5) is 4.39 Å². The van der Waals surface area contributed by atoms with Crippen LogP contribution in [0.1, 0.15) is 43.6 Å². The van der Waals surface area contributed by atoms with Crippen LogP contribution in [-0.2, 0) is 4.79 Å². The average molecular weight is 332 g/mol. The Morgan fingerprint density at radius 1 is 1.12 bits per heavy atom. The van der Waals surface area contributed by atoms with Gasteiger partial charge in [-0.25, -0.2) is 4.39 Å². The summed E-state index contributed by atoms with van der Waals surface area (Å²) in [5.41, 5.74) is 0.879. The van der Waals surface area contributed by atoms with E-state index in [9.17, 15) is 14.0 Å². The Morgan fingerprint density at radius 3 is 2.42 bits per heavy atom. The molecule has 0 radical (unpaired) electrons.